The Morgan fingerprint density at radius 2 is 1.71 bits per heavy atom. The minimum absolute atomic E-state index is 0.219. The molecule has 0 unspecified atom stereocenters. The Bertz CT molecular complexity index is 980. The van der Waals surface area contributed by atoms with Gasteiger partial charge in [0.1, 0.15) is 12.4 Å². The van der Waals surface area contributed by atoms with Crippen molar-refractivity contribution in [1.29, 1.82) is 0 Å². The van der Waals surface area contributed by atoms with Crippen molar-refractivity contribution in [3.05, 3.63) is 99.5 Å². The first-order valence-electron chi connectivity index (χ1n) is 8.72. The number of nitrogens with one attached hydrogen (secondary N) is 1. The van der Waals surface area contributed by atoms with E-state index in [0.29, 0.717) is 22.3 Å². The number of hydrogen-bond acceptors (Lipinski definition) is 2. The van der Waals surface area contributed by atoms with Crippen molar-refractivity contribution in [3.8, 4) is 5.75 Å². The highest BCUT2D eigenvalue weighted by Crippen LogP contribution is 2.20. The fourth-order valence-electron chi connectivity index (χ4n) is 2.45. The van der Waals surface area contributed by atoms with E-state index in [9.17, 15) is 4.79 Å². The van der Waals surface area contributed by atoms with Gasteiger partial charge in [-0.1, -0.05) is 53.5 Å². The van der Waals surface area contributed by atoms with Gasteiger partial charge in [0.15, 0.2) is 0 Å². The van der Waals surface area contributed by atoms with Crippen molar-refractivity contribution in [1.82, 2.24) is 0 Å². The van der Waals surface area contributed by atoms with E-state index in [4.69, 9.17) is 27.9 Å². The Balaban J connectivity index is 1.53. The van der Waals surface area contributed by atoms with Crippen LogP contribution >= 0.6 is 23.2 Å². The first kappa shape index (κ1) is 20.0. The van der Waals surface area contributed by atoms with Crippen molar-refractivity contribution in [3.63, 3.8) is 0 Å². The second-order valence-electron chi connectivity index (χ2n) is 6.27. The van der Waals surface area contributed by atoms with E-state index >= 15 is 0 Å². The third kappa shape index (κ3) is 5.88. The molecule has 0 saturated carbocycles. The number of benzene rings is 3. The quantitative estimate of drug-likeness (QED) is 0.468. The van der Waals surface area contributed by atoms with Crippen molar-refractivity contribution in [2.24, 2.45) is 0 Å². The Kier molecular flexibility index (Phi) is 6.75. The van der Waals surface area contributed by atoms with Crippen molar-refractivity contribution >= 4 is 40.9 Å². The standard InChI is InChI=1S/C23H19Cl2NO2/c1-16-2-10-20(14-22(16)25)26-23(27)13-7-17-5-11-21(12-6-17)28-15-18-3-8-19(24)9-4-18/h2-14H,15H2,1H3,(H,26,27)/b13-7+. The molecule has 1 amide bonds. The lowest BCUT2D eigenvalue weighted by Gasteiger charge is -2.07. The van der Waals surface area contributed by atoms with Crippen LogP contribution in [0.3, 0.4) is 0 Å². The zero-order valence-electron chi connectivity index (χ0n) is 15.3. The maximum absolute atomic E-state index is 12.1. The SMILES string of the molecule is Cc1ccc(NC(=O)/C=C/c2ccc(OCc3ccc(Cl)cc3)cc2)cc1Cl. The van der Waals surface area contributed by atoms with Gasteiger partial charge < -0.3 is 10.1 Å². The lowest BCUT2D eigenvalue weighted by Crippen LogP contribution is -2.07. The Hall–Kier alpha value is -2.75. The van der Waals surface area contributed by atoms with Gasteiger partial charge in [-0.3, -0.25) is 4.79 Å². The molecule has 0 atom stereocenters. The maximum atomic E-state index is 12.1. The number of anilines is 1. The normalized spacial score (nSPS) is 10.8. The molecule has 1 N–H and O–H groups in total. The summed E-state index contributed by atoms with van der Waals surface area (Å²) in [7, 11) is 0. The van der Waals surface area contributed by atoms with Crippen LogP contribution in [0.1, 0.15) is 16.7 Å². The highest BCUT2D eigenvalue weighted by atomic mass is 35.5. The van der Waals surface area contributed by atoms with Gasteiger partial charge >= 0.3 is 0 Å². The molecule has 5 heteroatoms. The number of amides is 1. The van der Waals surface area contributed by atoms with Gasteiger partial charge in [0.05, 0.1) is 0 Å². The highest BCUT2D eigenvalue weighted by molar-refractivity contribution is 6.31. The Morgan fingerprint density at radius 3 is 2.39 bits per heavy atom. The predicted molar refractivity (Wildman–Crippen MR) is 116 cm³/mol. The fourth-order valence-corrected chi connectivity index (χ4v) is 2.76. The smallest absolute Gasteiger partial charge is 0.248 e. The van der Waals surface area contributed by atoms with Crippen LogP contribution in [0.5, 0.6) is 5.75 Å². The number of ether oxygens (including phenoxy) is 1. The van der Waals surface area contributed by atoms with Crippen LogP contribution in [-0.2, 0) is 11.4 Å². The van der Waals surface area contributed by atoms with E-state index in [2.05, 4.69) is 5.32 Å². The van der Waals surface area contributed by atoms with Crippen LogP contribution in [-0.4, -0.2) is 5.91 Å². The number of hydrogen-bond donors (Lipinski definition) is 1. The summed E-state index contributed by atoms with van der Waals surface area (Å²) in [6, 6.07) is 20.5. The zero-order chi connectivity index (χ0) is 19.9. The molecule has 142 valence electrons. The van der Waals surface area contributed by atoms with E-state index in [0.717, 1.165) is 22.4 Å². The van der Waals surface area contributed by atoms with E-state index in [1.165, 1.54) is 6.08 Å². The van der Waals surface area contributed by atoms with Gasteiger partial charge in [0.2, 0.25) is 5.91 Å². The third-order valence-electron chi connectivity index (χ3n) is 4.07. The average molecular weight is 412 g/mol. The number of aryl methyl sites for hydroxylation is 1. The van der Waals surface area contributed by atoms with Crippen molar-refractivity contribution < 1.29 is 9.53 Å². The molecule has 0 heterocycles. The van der Waals surface area contributed by atoms with Crippen LogP contribution in [0.4, 0.5) is 5.69 Å². The molecule has 0 aliphatic heterocycles. The Labute approximate surface area is 174 Å². The molecule has 3 aromatic carbocycles. The number of carbonyl (C=O) groups excluding carboxylic acids is 1. The lowest BCUT2D eigenvalue weighted by molar-refractivity contribution is -0.111. The fraction of sp³-hybridized carbons (Fsp3) is 0.0870. The molecule has 3 aromatic rings. The molecule has 0 fully saturated rings. The van der Waals surface area contributed by atoms with Crippen LogP contribution in [0.15, 0.2) is 72.8 Å². The molecule has 28 heavy (non-hydrogen) atoms. The monoisotopic (exact) mass is 411 g/mol. The molecule has 3 nitrogen and oxygen atoms in total. The predicted octanol–water partition coefficient (Wildman–Crippen LogP) is 6.53. The highest BCUT2D eigenvalue weighted by Gasteiger charge is 2.01. The molecule has 0 bridgehead atoms. The van der Waals surface area contributed by atoms with E-state index in [-0.39, 0.29) is 5.91 Å². The minimum atomic E-state index is -0.219. The van der Waals surface area contributed by atoms with Crippen LogP contribution in [0.2, 0.25) is 10.0 Å². The summed E-state index contributed by atoms with van der Waals surface area (Å²) >= 11 is 11.9. The molecule has 0 spiro atoms. The topological polar surface area (TPSA) is 38.3 Å². The average Bonchev–Trinajstić information content (AvgIpc) is 2.69. The van der Waals surface area contributed by atoms with Gasteiger partial charge in [-0.15, -0.1) is 0 Å². The molecule has 0 aliphatic rings. The van der Waals surface area contributed by atoms with Gasteiger partial charge in [0, 0.05) is 21.8 Å². The number of halogens is 2. The third-order valence-corrected chi connectivity index (χ3v) is 4.72. The van der Waals surface area contributed by atoms with Gasteiger partial charge in [-0.2, -0.15) is 0 Å². The zero-order valence-corrected chi connectivity index (χ0v) is 16.8. The molecule has 3 rings (SSSR count). The second kappa shape index (κ2) is 9.45. The molecule has 0 aromatic heterocycles. The summed E-state index contributed by atoms with van der Waals surface area (Å²) in [5.41, 5.74) is 3.57. The van der Waals surface area contributed by atoms with E-state index in [1.54, 1.807) is 12.1 Å². The van der Waals surface area contributed by atoms with E-state index in [1.807, 2.05) is 67.6 Å². The van der Waals surface area contributed by atoms with Crippen molar-refractivity contribution in [2.45, 2.75) is 13.5 Å². The maximum Gasteiger partial charge on any atom is 0.248 e. The van der Waals surface area contributed by atoms with Crippen LogP contribution in [0, 0.1) is 6.92 Å². The lowest BCUT2D eigenvalue weighted by atomic mass is 10.2. The molecule has 0 aliphatic carbocycles. The van der Waals surface area contributed by atoms with Crippen molar-refractivity contribution in [2.75, 3.05) is 5.32 Å². The summed E-state index contributed by atoms with van der Waals surface area (Å²) in [5.74, 6) is 0.536. The molecular weight excluding hydrogens is 393 g/mol. The summed E-state index contributed by atoms with van der Waals surface area (Å²) in [6.45, 7) is 2.38. The van der Waals surface area contributed by atoms with E-state index < -0.39 is 0 Å². The summed E-state index contributed by atoms with van der Waals surface area (Å²) in [5, 5.41) is 4.11. The van der Waals surface area contributed by atoms with Gasteiger partial charge in [0.25, 0.3) is 0 Å². The summed E-state index contributed by atoms with van der Waals surface area (Å²) < 4.78 is 5.75. The molecule has 0 saturated heterocycles. The van der Waals surface area contributed by atoms with Gasteiger partial charge in [-0.25, -0.2) is 0 Å². The Morgan fingerprint density at radius 1 is 1.00 bits per heavy atom. The summed E-state index contributed by atoms with van der Waals surface area (Å²) in [4.78, 5) is 12.1. The largest absolute Gasteiger partial charge is 0.489 e. The van der Waals surface area contributed by atoms with Crippen LogP contribution < -0.4 is 10.1 Å². The first-order chi connectivity index (χ1) is 13.5. The van der Waals surface area contributed by atoms with Crippen LogP contribution in [0.25, 0.3) is 6.08 Å². The van der Waals surface area contributed by atoms with Gasteiger partial charge in [-0.05, 0) is 66.1 Å². The number of carbonyl (C=O) groups is 1. The second-order valence-corrected chi connectivity index (χ2v) is 7.11. The first-order valence-corrected chi connectivity index (χ1v) is 9.48. The minimum Gasteiger partial charge on any atom is -0.489 e. The molecular formula is C23H19Cl2NO2. The number of rotatable bonds is 6. The molecule has 0 radical (unpaired) electrons. The summed E-state index contributed by atoms with van der Waals surface area (Å²) in [6.07, 6.45) is 3.23.